The molecule has 0 aliphatic carbocycles. The molecule has 1 heterocycles. The van der Waals surface area contributed by atoms with E-state index in [1.165, 1.54) is 12.1 Å². The number of carbonyl (C=O) groups is 3. The Hall–Kier alpha value is -3.22. The summed E-state index contributed by atoms with van der Waals surface area (Å²) in [6.45, 7) is 6.97. The van der Waals surface area contributed by atoms with Gasteiger partial charge in [-0.05, 0) is 48.6 Å². The van der Waals surface area contributed by atoms with Crippen molar-refractivity contribution >= 4 is 17.8 Å². The molecule has 1 aliphatic heterocycles. The maximum absolute atomic E-state index is 13.2. The average molecular weight is 411 g/mol. The molecule has 2 N–H and O–H groups in total. The van der Waals surface area contributed by atoms with Gasteiger partial charge in [0, 0.05) is 0 Å². The van der Waals surface area contributed by atoms with Crippen LogP contribution in [0.15, 0.2) is 48.5 Å². The fourth-order valence-electron chi connectivity index (χ4n) is 3.82. The molecular weight excluding hydrogens is 385 g/mol. The molecular formula is C23H26FN3O3. The van der Waals surface area contributed by atoms with Crippen LogP contribution in [0.25, 0.3) is 0 Å². The highest BCUT2D eigenvalue weighted by atomic mass is 19.1. The van der Waals surface area contributed by atoms with Crippen LogP contribution in [-0.4, -0.2) is 29.3 Å². The van der Waals surface area contributed by atoms with Gasteiger partial charge >= 0.3 is 6.03 Å². The van der Waals surface area contributed by atoms with Gasteiger partial charge in [-0.1, -0.05) is 50.2 Å². The van der Waals surface area contributed by atoms with Crippen molar-refractivity contribution in [1.82, 2.24) is 15.5 Å². The zero-order chi connectivity index (χ0) is 22.1. The molecule has 2 unspecified atom stereocenters. The summed E-state index contributed by atoms with van der Waals surface area (Å²) in [5.74, 6) is -1.27. The van der Waals surface area contributed by atoms with Gasteiger partial charge in [0.1, 0.15) is 17.9 Å². The van der Waals surface area contributed by atoms with Crippen molar-refractivity contribution in [2.75, 3.05) is 6.54 Å². The standard InChI is InChI=1S/C23H26FN3O3/c1-14(2)20(16-9-11-17(24)12-10-16)25-19(28)13-27-21(29)23(4,26-22(27)30)18-8-6-5-7-15(18)3/h5-12,14,20H,13H2,1-4H3,(H,25,28)(H,26,30). The Labute approximate surface area is 175 Å². The molecule has 2 aromatic carbocycles. The Morgan fingerprint density at radius 1 is 1.13 bits per heavy atom. The van der Waals surface area contributed by atoms with E-state index in [1.54, 1.807) is 31.2 Å². The molecule has 4 amide bonds. The summed E-state index contributed by atoms with van der Waals surface area (Å²) >= 11 is 0. The van der Waals surface area contributed by atoms with Crippen LogP contribution in [0.5, 0.6) is 0 Å². The third kappa shape index (κ3) is 4.06. The van der Waals surface area contributed by atoms with Gasteiger partial charge in [0.25, 0.3) is 5.91 Å². The van der Waals surface area contributed by atoms with Crippen LogP contribution in [0.1, 0.15) is 43.5 Å². The van der Waals surface area contributed by atoms with Crippen LogP contribution in [0.3, 0.4) is 0 Å². The number of nitrogens with one attached hydrogen (secondary N) is 2. The summed E-state index contributed by atoms with van der Waals surface area (Å²) in [4.78, 5) is 39.2. The van der Waals surface area contributed by atoms with E-state index < -0.39 is 29.9 Å². The summed E-state index contributed by atoms with van der Waals surface area (Å²) in [6, 6.07) is 12.2. The van der Waals surface area contributed by atoms with Crippen LogP contribution >= 0.6 is 0 Å². The van der Waals surface area contributed by atoms with Gasteiger partial charge in [0.2, 0.25) is 5.91 Å². The van der Waals surface area contributed by atoms with E-state index in [9.17, 15) is 18.8 Å². The van der Waals surface area contributed by atoms with E-state index in [0.29, 0.717) is 5.56 Å². The fourth-order valence-corrected chi connectivity index (χ4v) is 3.82. The van der Waals surface area contributed by atoms with Crippen molar-refractivity contribution in [1.29, 1.82) is 0 Å². The minimum absolute atomic E-state index is 0.0275. The largest absolute Gasteiger partial charge is 0.347 e. The zero-order valence-electron chi connectivity index (χ0n) is 17.5. The molecule has 30 heavy (non-hydrogen) atoms. The molecule has 0 spiro atoms. The number of amides is 4. The number of urea groups is 1. The lowest BCUT2D eigenvalue weighted by atomic mass is 9.88. The molecule has 2 atom stereocenters. The Morgan fingerprint density at radius 2 is 1.77 bits per heavy atom. The topological polar surface area (TPSA) is 78.5 Å². The monoisotopic (exact) mass is 411 g/mol. The van der Waals surface area contributed by atoms with Gasteiger partial charge in [-0.2, -0.15) is 0 Å². The van der Waals surface area contributed by atoms with Crippen molar-refractivity contribution in [2.24, 2.45) is 5.92 Å². The molecule has 0 radical (unpaired) electrons. The van der Waals surface area contributed by atoms with Gasteiger partial charge < -0.3 is 10.6 Å². The lowest BCUT2D eigenvalue weighted by Gasteiger charge is -2.25. The molecule has 0 aromatic heterocycles. The summed E-state index contributed by atoms with van der Waals surface area (Å²) in [6.07, 6.45) is 0. The van der Waals surface area contributed by atoms with Crippen LogP contribution in [0.2, 0.25) is 0 Å². The molecule has 1 saturated heterocycles. The van der Waals surface area contributed by atoms with E-state index in [4.69, 9.17) is 0 Å². The van der Waals surface area contributed by atoms with Crippen molar-refractivity contribution in [2.45, 2.75) is 39.3 Å². The Kier molecular flexibility index (Phi) is 5.92. The van der Waals surface area contributed by atoms with Crippen LogP contribution in [0.4, 0.5) is 9.18 Å². The van der Waals surface area contributed by atoms with E-state index in [1.807, 2.05) is 32.9 Å². The molecule has 158 valence electrons. The second kappa shape index (κ2) is 8.26. The highest BCUT2D eigenvalue weighted by Crippen LogP contribution is 2.31. The minimum atomic E-state index is -1.23. The SMILES string of the molecule is Cc1ccccc1C1(C)NC(=O)N(CC(=O)NC(c2ccc(F)cc2)C(C)C)C1=O. The molecule has 0 saturated carbocycles. The predicted octanol–water partition coefficient (Wildman–Crippen LogP) is 3.41. The lowest BCUT2D eigenvalue weighted by molar-refractivity contribution is -0.135. The number of imide groups is 1. The first kappa shape index (κ1) is 21.5. The minimum Gasteiger partial charge on any atom is -0.347 e. The quantitative estimate of drug-likeness (QED) is 0.715. The van der Waals surface area contributed by atoms with Crippen molar-refractivity contribution < 1.29 is 18.8 Å². The predicted molar refractivity (Wildman–Crippen MR) is 111 cm³/mol. The van der Waals surface area contributed by atoms with E-state index in [2.05, 4.69) is 10.6 Å². The average Bonchev–Trinajstić information content (AvgIpc) is 2.91. The molecule has 3 rings (SSSR count). The molecule has 1 fully saturated rings. The number of nitrogens with zero attached hydrogens (tertiary/aromatic N) is 1. The third-order valence-corrected chi connectivity index (χ3v) is 5.47. The first-order valence-corrected chi connectivity index (χ1v) is 9.88. The number of aryl methyl sites for hydroxylation is 1. The van der Waals surface area contributed by atoms with Gasteiger partial charge in [0.05, 0.1) is 6.04 Å². The third-order valence-electron chi connectivity index (χ3n) is 5.47. The van der Waals surface area contributed by atoms with Gasteiger partial charge in [-0.25, -0.2) is 9.18 Å². The second-order valence-electron chi connectivity index (χ2n) is 8.10. The van der Waals surface area contributed by atoms with Gasteiger partial charge in [0.15, 0.2) is 0 Å². The maximum atomic E-state index is 13.2. The first-order chi connectivity index (χ1) is 14.1. The Bertz CT molecular complexity index is 974. The Balaban J connectivity index is 1.76. The summed E-state index contributed by atoms with van der Waals surface area (Å²) in [7, 11) is 0. The normalized spacial score (nSPS) is 19.7. The van der Waals surface area contributed by atoms with E-state index in [-0.39, 0.29) is 17.8 Å². The van der Waals surface area contributed by atoms with Crippen molar-refractivity contribution in [3.8, 4) is 0 Å². The highest BCUT2D eigenvalue weighted by Gasteiger charge is 2.50. The molecule has 1 aliphatic rings. The van der Waals surface area contributed by atoms with Gasteiger partial charge in [-0.15, -0.1) is 0 Å². The van der Waals surface area contributed by atoms with Crippen molar-refractivity contribution in [3.63, 3.8) is 0 Å². The number of halogens is 1. The number of carbonyl (C=O) groups excluding carboxylic acids is 3. The smallest absolute Gasteiger partial charge is 0.325 e. The Morgan fingerprint density at radius 3 is 2.37 bits per heavy atom. The lowest BCUT2D eigenvalue weighted by Crippen LogP contribution is -2.44. The van der Waals surface area contributed by atoms with Crippen LogP contribution in [-0.2, 0) is 15.1 Å². The molecule has 6 nitrogen and oxygen atoms in total. The number of benzene rings is 2. The number of hydrogen-bond donors (Lipinski definition) is 2. The highest BCUT2D eigenvalue weighted by molar-refractivity contribution is 6.09. The first-order valence-electron chi connectivity index (χ1n) is 9.88. The molecule has 0 bridgehead atoms. The zero-order valence-corrected chi connectivity index (χ0v) is 17.5. The van der Waals surface area contributed by atoms with E-state index >= 15 is 0 Å². The summed E-state index contributed by atoms with van der Waals surface area (Å²) < 4.78 is 13.2. The van der Waals surface area contributed by atoms with Gasteiger partial charge in [-0.3, -0.25) is 14.5 Å². The van der Waals surface area contributed by atoms with Crippen molar-refractivity contribution in [3.05, 3.63) is 71.0 Å². The summed E-state index contributed by atoms with van der Waals surface area (Å²) in [5, 5.41) is 5.59. The maximum Gasteiger partial charge on any atom is 0.325 e. The number of rotatable bonds is 6. The molecule has 2 aromatic rings. The van der Waals surface area contributed by atoms with E-state index in [0.717, 1.165) is 16.0 Å². The van der Waals surface area contributed by atoms with Crippen LogP contribution < -0.4 is 10.6 Å². The number of hydrogen-bond acceptors (Lipinski definition) is 3. The molecule has 7 heteroatoms. The second-order valence-corrected chi connectivity index (χ2v) is 8.10. The fraction of sp³-hybridized carbons (Fsp3) is 0.348. The van der Waals surface area contributed by atoms with Crippen LogP contribution in [0, 0.1) is 18.7 Å². The summed E-state index contributed by atoms with van der Waals surface area (Å²) in [5.41, 5.74) is 1.09.